The average Bonchev–Trinajstić information content (AvgIpc) is 3.38. The Kier molecular flexibility index (Phi) is 3.44. The van der Waals surface area contributed by atoms with E-state index in [9.17, 15) is 10.3 Å². The van der Waals surface area contributed by atoms with Crippen LogP contribution >= 0.6 is 11.6 Å². The van der Waals surface area contributed by atoms with Gasteiger partial charge in [0.1, 0.15) is 28.7 Å². The van der Waals surface area contributed by atoms with Crippen molar-refractivity contribution in [3.8, 4) is 11.5 Å². The van der Waals surface area contributed by atoms with Gasteiger partial charge in [0.2, 0.25) is 17.0 Å². The summed E-state index contributed by atoms with van der Waals surface area (Å²) in [4.78, 5) is 8.80. The van der Waals surface area contributed by atoms with E-state index in [1.807, 2.05) is 4.40 Å². The highest BCUT2D eigenvalue weighted by molar-refractivity contribution is 6.31. The monoisotopic (exact) mass is 385 g/mol. The van der Waals surface area contributed by atoms with Crippen LogP contribution in [0.4, 0.5) is 0 Å². The molecule has 3 aromatic heterocycles. The minimum absolute atomic E-state index is 0.205. The molecule has 8 nitrogen and oxygen atoms in total. The molecule has 1 saturated carbocycles. The van der Waals surface area contributed by atoms with Crippen LogP contribution in [-0.2, 0) is 5.60 Å². The molecule has 0 radical (unpaired) electrons. The maximum atomic E-state index is 12.8. The summed E-state index contributed by atoms with van der Waals surface area (Å²) in [5.41, 5.74) is 1.52. The van der Waals surface area contributed by atoms with Crippen molar-refractivity contribution in [3.63, 3.8) is 0 Å². The number of hydrogen-bond acceptors (Lipinski definition) is 6. The molecule has 1 aliphatic carbocycles. The van der Waals surface area contributed by atoms with Gasteiger partial charge in [-0.2, -0.15) is 9.71 Å². The quantitative estimate of drug-likeness (QED) is 0.420. The number of imidazole rings is 1. The lowest BCUT2D eigenvalue weighted by Gasteiger charge is -2.15. The van der Waals surface area contributed by atoms with Gasteiger partial charge in [0.05, 0.1) is 0 Å². The molecular formula is C18H16ClN5O3. The molecular weight excluding hydrogens is 370 g/mol. The highest BCUT2D eigenvalue weighted by Crippen LogP contribution is 2.38. The molecule has 3 heterocycles. The Bertz CT molecular complexity index is 1190. The number of nitrogens with zero attached hydrogens (tertiary/aromatic N) is 5. The summed E-state index contributed by atoms with van der Waals surface area (Å²) in [7, 11) is 0. The van der Waals surface area contributed by atoms with Crippen molar-refractivity contribution in [1.29, 1.82) is 0 Å². The molecule has 0 bridgehead atoms. The molecule has 4 aromatic rings. The number of aromatic nitrogens is 5. The van der Waals surface area contributed by atoms with Gasteiger partial charge in [-0.1, -0.05) is 16.8 Å². The lowest BCUT2D eigenvalue weighted by Crippen LogP contribution is -2.32. The molecule has 1 N–H and O–H groups in total. The van der Waals surface area contributed by atoms with E-state index in [1.165, 1.54) is 0 Å². The molecule has 5 rings (SSSR count). The minimum Gasteiger partial charge on any atom is -0.618 e. The van der Waals surface area contributed by atoms with E-state index >= 15 is 0 Å². The zero-order chi connectivity index (χ0) is 18.8. The van der Waals surface area contributed by atoms with Crippen molar-refractivity contribution in [2.24, 2.45) is 0 Å². The number of fused-ring (bicyclic) bond motifs is 3. The van der Waals surface area contributed by atoms with E-state index in [-0.39, 0.29) is 11.7 Å². The highest BCUT2D eigenvalue weighted by atomic mass is 35.5. The molecule has 0 unspecified atom stereocenters. The first-order valence-electron chi connectivity index (χ1n) is 8.73. The normalized spacial score (nSPS) is 16.6. The van der Waals surface area contributed by atoms with Crippen LogP contribution in [0.3, 0.4) is 0 Å². The van der Waals surface area contributed by atoms with E-state index in [4.69, 9.17) is 16.1 Å². The van der Waals surface area contributed by atoms with Crippen LogP contribution in [0.25, 0.3) is 28.1 Å². The third kappa shape index (κ3) is 2.33. The Hall–Kier alpha value is -2.71. The standard InChI is InChI=1S/C18H16ClN5O3/c1-10-15-14(16-21-17(27-22-16)18(25)6-2-3-7-18)20-9-23(15)12-5-4-11(19)8-13(12)24(10)26/h4-5,8-9,25H,2-3,6-7H2,1H3. The third-order valence-corrected chi connectivity index (χ3v) is 5.53. The summed E-state index contributed by atoms with van der Waals surface area (Å²) in [5, 5.41) is 27.9. The smallest absolute Gasteiger partial charge is 0.258 e. The van der Waals surface area contributed by atoms with Gasteiger partial charge in [-0.05, 0) is 37.8 Å². The highest BCUT2D eigenvalue weighted by Gasteiger charge is 2.39. The molecule has 0 aliphatic heterocycles. The van der Waals surface area contributed by atoms with Crippen molar-refractivity contribution in [2.45, 2.75) is 38.2 Å². The summed E-state index contributed by atoms with van der Waals surface area (Å²) < 4.78 is 7.97. The zero-order valence-corrected chi connectivity index (χ0v) is 15.3. The molecule has 1 aliphatic rings. The fraction of sp³-hybridized carbons (Fsp3) is 0.333. The molecule has 1 fully saturated rings. The van der Waals surface area contributed by atoms with Gasteiger partial charge < -0.3 is 14.8 Å². The molecule has 9 heteroatoms. The number of hydrogen-bond donors (Lipinski definition) is 1. The maximum Gasteiger partial charge on any atom is 0.258 e. The topological polar surface area (TPSA) is 103 Å². The first-order valence-corrected chi connectivity index (χ1v) is 9.11. The van der Waals surface area contributed by atoms with Gasteiger partial charge in [-0.25, -0.2) is 4.98 Å². The molecule has 1 aromatic carbocycles. The van der Waals surface area contributed by atoms with Crippen molar-refractivity contribution in [3.05, 3.63) is 46.3 Å². The fourth-order valence-corrected chi connectivity index (χ4v) is 4.03. The molecule has 138 valence electrons. The molecule has 0 atom stereocenters. The minimum atomic E-state index is -1.07. The van der Waals surface area contributed by atoms with Crippen LogP contribution in [0.5, 0.6) is 0 Å². The van der Waals surface area contributed by atoms with Gasteiger partial charge >= 0.3 is 0 Å². The molecule has 27 heavy (non-hydrogen) atoms. The Morgan fingerprint density at radius 2 is 2.11 bits per heavy atom. The van der Waals surface area contributed by atoms with E-state index in [0.717, 1.165) is 17.6 Å². The second kappa shape index (κ2) is 5.64. The van der Waals surface area contributed by atoms with Gasteiger partial charge in [-0.3, -0.25) is 4.40 Å². The van der Waals surface area contributed by atoms with Crippen LogP contribution in [0, 0.1) is 12.1 Å². The molecule has 0 spiro atoms. The number of aliphatic hydroxyl groups is 1. The number of benzene rings is 1. The fourth-order valence-electron chi connectivity index (χ4n) is 3.86. The maximum absolute atomic E-state index is 12.8. The number of rotatable bonds is 2. The third-order valence-electron chi connectivity index (χ3n) is 5.30. The van der Waals surface area contributed by atoms with Gasteiger partial charge in [0.25, 0.3) is 5.89 Å². The molecule has 0 amide bonds. The second-order valence-electron chi connectivity index (χ2n) is 6.99. The Labute approximate surface area is 158 Å². The summed E-state index contributed by atoms with van der Waals surface area (Å²) in [5.74, 6) is 0.459. The molecule has 0 saturated heterocycles. The lowest BCUT2D eigenvalue weighted by molar-refractivity contribution is -0.583. The van der Waals surface area contributed by atoms with Crippen molar-refractivity contribution >= 4 is 28.2 Å². The van der Waals surface area contributed by atoms with Crippen LogP contribution in [-0.4, -0.2) is 24.6 Å². The largest absolute Gasteiger partial charge is 0.618 e. The van der Waals surface area contributed by atoms with Crippen LogP contribution < -0.4 is 4.73 Å². The first kappa shape index (κ1) is 16.5. The van der Waals surface area contributed by atoms with Crippen LogP contribution in [0.2, 0.25) is 5.02 Å². The van der Waals surface area contributed by atoms with E-state index in [1.54, 1.807) is 31.5 Å². The lowest BCUT2D eigenvalue weighted by atomic mass is 10.0. The Balaban J connectivity index is 1.72. The predicted octanol–water partition coefficient (Wildman–Crippen LogP) is 2.89. The number of halogens is 1. The first-order chi connectivity index (χ1) is 13.0. The van der Waals surface area contributed by atoms with Gasteiger partial charge in [0.15, 0.2) is 0 Å². The van der Waals surface area contributed by atoms with Crippen molar-refractivity contribution in [2.75, 3.05) is 0 Å². The van der Waals surface area contributed by atoms with Crippen molar-refractivity contribution < 1.29 is 14.4 Å². The average molecular weight is 386 g/mol. The van der Waals surface area contributed by atoms with E-state index in [2.05, 4.69) is 15.1 Å². The number of aryl methyl sites for hydroxylation is 1. The second-order valence-corrected chi connectivity index (χ2v) is 7.42. The summed E-state index contributed by atoms with van der Waals surface area (Å²) in [6, 6.07) is 5.12. The Morgan fingerprint density at radius 1 is 1.33 bits per heavy atom. The summed E-state index contributed by atoms with van der Waals surface area (Å²) in [6.45, 7) is 1.71. The van der Waals surface area contributed by atoms with Gasteiger partial charge in [-0.15, -0.1) is 0 Å². The van der Waals surface area contributed by atoms with Crippen molar-refractivity contribution in [1.82, 2.24) is 19.5 Å². The van der Waals surface area contributed by atoms with Crippen LogP contribution in [0.15, 0.2) is 29.0 Å². The van der Waals surface area contributed by atoms with E-state index < -0.39 is 5.60 Å². The predicted molar refractivity (Wildman–Crippen MR) is 97.1 cm³/mol. The summed E-state index contributed by atoms with van der Waals surface area (Å²) >= 11 is 6.04. The van der Waals surface area contributed by atoms with E-state index in [0.29, 0.717) is 45.8 Å². The zero-order valence-electron chi connectivity index (χ0n) is 14.5. The van der Waals surface area contributed by atoms with Crippen LogP contribution in [0.1, 0.15) is 37.3 Å². The van der Waals surface area contributed by atoms with Gasteiger partial charge in [0, 0.05) is 18.0 Å². The SMILES string of the molecule is Cc1c2c(-c3noc(C4(O)CCCC4)n3)ncn2c2ccc(Cl)cc2[n+]1[O-]. The summed E-state index contributed by atoms with van der Waals surface area (Å²) in [6.07, 6.45) is 4.66. The Morgan fingerprint density at radius 3 is 2.89 bits per heavy atom.